The largest absolute Gasteiger partial charge is 0.461 e. The molecule has 2 aromatic carbocycles. The van der Waals surface area contributed by atoms with Gasteiger partial charge >= 0.3 is 6.01 Å². The zero-order valence-corrected chi connectivity index (χ0v) is 28.3. The molecule has 4 rings (SSSR count). The van der Waals surface area contributed by atoms with E-state index in [1.165, 1.54) is 0 Å². The number of anilines is 2. The lowest BCUT2D eigenvalue weighted by molar-refractivity contribution is -0.131. The number of carbonyl (C=O) groups excluding carboxylic acids is 2. The third kappa shape index (κ3) is 10.2. The van der Waals surface area contributed by atoms with E-state index in [9.17, 15) is 14.7 Å². The number of piperazine rings is 1. The number of amides is 2. The van der Waals surface area contributed by atoms with Crippen LogP contribution in [0.3, 0.4) is 0 Å². The Hall–Kier alpha value is -4.11. The predicted octanol–water partition coefficient (Wildman–Crippen LogP) is 4.70. The van der Waals surface area contributed by atoms with Crippen molar-refractivity contribution in [3.63, 3.8) is 0 Å². The minimum Gasteiger partial charge on any atom is -0.461 e. The second-order valence-electron chi connectivity index (χ2n) is 11.4. The second-order valence-corrected chi connectivity index (χ2v) is 12.5. The number of benzene rings is 2. The molecule has 0 spiro atoms. The summed E-state index contributed by atoms with van der Waals surface area (Å²) in [5.74, 6) is 4.16. The normalized spacial score (nSPS) is 13.7. The van der Waals surface area contributed by atoms with E-state index < -0.39 is 6.10 Å². The fourth-order valence-corrected chi connectivity index (χ4v) is 6.12. The van der Waals surface area contributed by atoms with Crippen molar-refractivity contribution in [2.75, 3.05) is 61.5 Å². The molecule has 10 nitrogen and oxygen atoms in total. The van der Waals surface area contributed by atoms with Gasteiger partial charge in [0, 0.05) is 62.4 Å². The highest BCUT2D eigenvalue weighted by atomic mass is 32.2. The van der Waals surface area contributed by atoms with E-state index in [1.54, 1.807) is 28.8 Å². The fraction of sp³-hybridized carbons (Fsp3) is 0.444. The molecule has 250 valence electrons. The van der Waals surface area contributed by atoms with E-state index in [4.69, 9.17) is 20.9 Å². The lowest BCUT2D eigenvalue weighted by atomic mass is 10.1. The second kappa shape index (κ2) is 18.3. The topological polar surface area (TPSA) is 108 Å². The van der Waals surface area contributed by atoms with Gasteiger partial charge in [0.25, 0.3) is 5.91 Å². The zero-order chi connectivity index (χ0) is 33.6. The number of nitrogens with zero attached hydrogens (tertiary/aromatic N) is 5. The van der Waals surface area contributed by atoms with Crippen LogP contribution in [0, 0.1) is 12.3 Å². The molecule has 0 radical (unpaired) electrons. The van der Waals surface area contributed by atoms with Crippen LogP contribution in [0.15, 0.2) is 65.7 Å². The third-order valence-electron chi connectivity index (χ3n) is 7.53. The van der Waals surface area contributed by atoms with Crippen LogP contribution in [-0.4, -0.2) is 95.7 Å². The number of aliphatic hydroxyl groups excluding tert-OH is 1. The molecule has 3 aromatic rings. The Morgan fingerprint density at radius 3 is 2.34 bits per heavy atom. The Bertz CT molecular complexity index is 1480. The number of thioether (sulfide) groups is 1. The number of rotatable bonds is 16. The number of ether oxygens (including phenoxy) is 2. The van der Waals surface area contributed by atoms with Crippen molar-refractivity contribution in [1.29, 1.82) is 0 Å². The first-order chi connectivity index (χ1) is 22.8. The number of hydrogen-bond donors (Lipinski definition) is 1. The van der Waals surface area contributed by atoms with Gasteiger partial charge < -0.3 is 29.3 Å². The highest BCUT2D eigenvalue weighted by Gasteiger charge is 2.27. The minimum absolute atomic E-state index is 0.0126. The quantitative estimate of drug-likeness (QED) is 0.133. The van der Waals surface area contributed by atoms with Crippen LogP contribution in [0.4, 0.5) is 11.5 Å². The minimum atomic E-state index is -0.505. The maximum absolute atomic E-state index is 13.4. The molecule has 1 saturated heterocycles. The van der Waals surface area contributed by atoms with Crippen LogP contribution in [0.1, 0.15) is 49.5 Å². The summed E-state index contributed by atoms with van der Waals surface area (Å²) in [6.45, 7) is 8.21. The summed E-state index contributed by atoms with van der Waals surface area (Å²) in [4.78, 5) is 42.0. The van der Waals surface area contributed by atoms with Crippen molar-refractivity contribution in [2.24, 2.45) is 0 Å². The maximum Gasteiger partial charge on any atom is 0.319 e. The lowest BCUT2D eigenvalue weighted by Gasteiger charge is -2.36. The molecule has 0 aliphatic carbocycles. The summed E-state index contributed by atoms with van der Waals surface area (Å²) in [5.41, 5.74) is 2.19. The van der Waals surface area contributed by atoms with Crippen LogP contribution >= 0.6 is 11.8 Å². The number of carbonyl (C=O) groups is 2. The van der Waals surface area contributed by atoms with Crippen LogP contribution in [0.25, 0.3) is 0 Å². The van der Waals surface area contributed by atoms with Gasteiger partial charge in [0.05, 0.1) is 12.7 Å². The first kappa shape index (κ1) is 35.7. The summed E-state index contributed by atoms with van der Waals surface area (Å²) >= 11 is 1.61. The lowest BCUT2D eigenvalue weighted by Crippen LogP contribution is -2.50. The summed E-state index contributed by atoms with van der Waals surface area (Å²) in [6.07, 6.45) is 6.74. The maximum atomic E-state index is 13.4. The number of aliphatic hydroxyl groups is 1. The summed E-state index contributed by atoms with van der Waals surface area (Å²) in [7, 11) is 0. The van der Waals surface area contributed by atoms with E-state index in [1.807, 2.05) is 67.3 Å². The van der Waals surface area contributed by atoms with E-state index in [-0.39, 0.29) is 50.1 Å². The van der Waals surface area contributed by atoms with Crippen LogP contribution in [-0.2, 0) is 16.0 Å². The van der Waals surface area contributed by atoms with Crippen molar-refractivity contribution in [3.05, 3.63) is 71.8 Å². The molecule has 1 aliphatic heterocycles. The fourth-order valence-electron chi connectivity index (χ4n) is 5.25. The Balaban J connectivity index is 1.46. The van der Waals surface area contributed by atoms with Gasteiger partial charge in [0.15, 0.2) is 0 Å². The zero-order valence-electron chi connectivity index (χ0n) is 27.5. The van der Waals surface area contributed by atoms with Crippen molar-refractivity contribution < 1.29 is 24.2 Å². The van der Waals surface area contributed by atoms with Gasteiger partial charge in [0.1, 0.15) is 23.6 Å². The van der Waals surface area contributed by atoms with Gasteiger partial charge in [-0.05, 0) is 50.3 Å². The Labute approximate surface area is 282 Å². The first-order valence-electron chi connectivity index (χ1n) is 16.2. The molecule has 1 atom stereocenters. The molecule has 1 aliphatic rings. The van der Waals surface area contributed by atoms with E-state index >= 15 is 0 Å². The average Bonchev–Trinajstić information content (AvgIpc) is 3.10. The number of terminal acetylenes is 1. The molecular weight excluding hydrogens is 614 g/mol. The molecule has 0 unspecified atom stereocenters. The van der Waals surface area contributed by atoms with Gasteiger partial charge in [-0.1, -0.05) is 43.3 Å². The van der Waals surface area contributed by atoms with E-state index in [0.29, 0.717) is 44.0 Å². The molecule has 1 aromatic heterocycles. The molecule has 11 heteroatoms. The highest BCUT2D eigenvalue weighted by molar-refractivity contribution is 7.99. The predicted molar refractivity (Wildman–Crippen MR) is 186 cm³/mol. The Kier molecular flexibility index (Phi) is 13.9. The summed E-state index contributed by atoms with van der Waals surface area (Å²) in [5, 5.41) is 10.5. The summed E-state index contributed by atoms with van der Waals surface area (Å²) < 4.78 is 11.7. The SMILES string of the molecule is C#CCc1c(SCCC)nc(OC[C@@H](CO)OC(C)C)nc1N1CCN(C(=O)CCN(C(=O)c2ccccc2)c2ccccc2)CC1. The standard InChI is InChI=1S/C36H45N5O5S/c1-5-13-31-33(37-36(38-34(31)47-24-6-2)45-26-30(25-42)46-27(3)4)40-22-20-39(21-23-40)32(43)18-19-41(29-16-11-8-12-17-29)35(44)28-14-9-7-10-15-28/h1,7-12,14-17,27,30,42H,6,13,18-26H2,2-4H3/t30-/m1/s1. The van der Waals surface area contributed by atoms with Gasteiger partial charge in [0.2, 0.25) is 5.91 Å². The molecule has 2 heterocycles. The molecule has 0 saturated carbocycles. The van der Waals surface area contributed by atoms with Gasteiger partial charge in [-0.2, -0.15) is 9.97 Å². The monoisotopic (exact) mass is 659 g/mol. The van der Waals surface area contributed by atoms with Gasteiger partial charge in [-0.15, -0.1) is 24.1 Å². The molecule has 1 fully saturated rings. The number of aromatic nitrogens is 2. The van der Waals surface area contributed by atoms with Crippen molar-refractivity contribution in [1.82, 2.24) is 14.9 Å². The molecule has 47 heavy (non-hydrogen) atoms. The smallest absolute Gasteiger partial charge is 0.319 e. The molecule has 2 amide bonds. The number of hydrogen-bond acceptors (Lipinski definition) is 9. The first-order valence-corrected chi connectivity index (χ1v) is 17.1. The third-order valence-corrected chi connectivity index (χ3v) is 8.75. The highest BCUT2D eigenvalue weighted by Crippen LogP contribution is 2.32. The van der Waals surface area contributed by atoms with Crippen LogP contribution < -0.4 is 14.5 Å². The van der Waals surface area contributed by atoms with Crippen molar-refractivity contribution in [3.8, 4) is 18.4 Å². The van der Waals surface area contributed by atoms with Crippen molar-refractivity contribution in [2.45, 2.75) is 57.3 Å². The van der Waals surface area contributed by atoms with E-state index in [0.717, 1.165) is 28.5 Å². The molecule has 0 bridgehead atoms. The van der Waals surface area contributed by atoms with Crippen LogP contribution in [0.5, 0.6) is 6.01 Å². The van der Waals surface area contributed by atoms with Crippen LogP contribution in [0.2, 0.25) is 0 Å². The summed E-state index contributed by atoms with van der Waals surface area (Å²) in [6, 6.07) is 18.7. The Morgan fingerprint density at radius 2 is 1.72 bits per heavy atom. The average molecular weight is 660 g/mol. The van der Waals surface area contributed by atoms with E-state index in [2.05, 4.69) is 22.7 Å². The number of para-hydroxylation sites is 1. The Morgan fingerprint density at radius 1 is 1.04 bits per heavy atom. The van der Waals surface area contributed by atoms with Crippen molar-refractivity contribution >= 4 is 35.1 Å². The molecular formula is C36H45N5O5S. The van der Waals surface area contributed by atoms with Gasteiger partial charge in [-0.3, -0.25) is 9.59 Å². The molecule has 1 N–H and O–H groups in total. The van der Waals surface area contributed by atoms with Gasteiger partial charge in [-0.25, -0.2) is 0 Å².